The van der Waals surface area contributed by atoms with Crippen LogP contribution in [-0.4, -0.2) is 17.7 Å². The van der Waals surface area contributed by atoms with Gasteiger partial charge >= 0.3 is 5.97 Å². The van der Waals surface area contributed by atoms with Crippen LogP contribution in [0.25, 0.3) is 0 Å². The van der Waals surface area contributed by atoms with Crippen LogP contribution in [0.5, 0.6) is 5.75 Å². The second kappa shape index (κ2) is 4.77. The summed E-state index contributed by atoms with van der Waals surface area (Å²) in [7, 11) is 0. The molecule has 4 heteroatoms. The highest BCUT2D eigenvalue weighted by molar-refractivity contribution is 5.71. The Kier molecular flexibility index (Phi) is 3.66. The van der Waals surface area contributed by atoms with E-state index in [2.05, 4.69) is 0 Å². The van der Waals surface area contributed by atoms with Crippen LogP contribution < -0.4 is 4.74 Å². The Balaban J connectivity index is 3.14. The van der Waals surface area contributed by atoms with E-state index in [1.54, 1.807) is 26.0 Å². The Bertz CT molecular complexity index is 374. The SMILES string of the molecule is CCOc1c(CC(=O)O)ccc(C)c1F. The fourth-order valence-corrected chi connectivity index (χ4v) is 1.30. The Morgan fingerprint density at radius 2 is 2.20 bits per heavy atom. The standard InChI is InChI=1S/C11H13FO3/c1-3-15-11-8(6-9(13)14)5-4-7(2)10(11)12/h4-5H,3,6H2,1-2H3,(H,13,14). The van der Waals surface area contributed by atoms with E-state index >= 15 is 0 Å². The normalized spacial score (nSPS) is 10.1. The van der Waals surface area contributed by atoms with Gasteiger partial charge in [-0.3, -0.25) is 4.79 Å². The third-order valence-corrected chi connectivity index (χ3v) is 2.00. The lowest BCUT2D eigenvalue weighted by molar-refractivity contribution is -0.136. The molecular weight excluding hydrogens is 199 g/mol. The first-order valence-corrected chi connectivity index (χ1v) is 4.68. The van der Waals surface area contributed by atoms with E-state index in [4.69, 9.17) is 9.84 Å². The molecule has 0 atom stereocenters. The van der Waals surface area contributed by atoms with E-state index in [9.17, 15) is 9.18 Å². The summed E-state index contributed by atoms with van der Waals surface area (Å²) in [6, 6.07) is 3.13. The molecule has 1 N–H and O–H groups in total. The highest BCUT2D eigenvalue weighted by Crippen LogP contribution is 2.26. The summed E-state index contributed by atoms with van der Waals surface area (Å²) >= 11 is 0. The minimum atomic E-state index is -1.00. The molecular formula is C11H13FO3. The zero-order chi connectivity index (χ0) is 11.4. The number of aryl methyl sites for hydroxylation is 1. The van der Waals surface area contributed by atoms with Gasteiger partial charge in [-0.25, -0.2) is 4.39 Å². The van der Waals surface area contributed by atoms with Gasteiger partial charge in [0.25, 0.3) is 0 Å². The van der Waals surface area contributed by atoms with Crippen LogP contribution in [0.1, 0.15) is 18.1 Å². The number of carboxylic acid groups (broad SMARTS) is 1. The summed E-state index contributed by atoms with van der Waals surface area (Å²) in [4.78, 5) is 10.5. The van der Waals surface area contributed by atoms with Gasteiger partial charge in [-0.2, -0.15) is 0 Å². The second-order valence-electron chi connectivity index (χ2n) is 3.19. The van der Waals surface area contributed by atoms with Crippen molar-refractivity contribution in [3.05, 3.63) is 29.1 Å². The number of ether oxygens (including phenoxy) is 1. The number of carboxylic acids is 1. The quantitative estimate of drug-likeness (QED) is 0.831. The molecule has 0 aromatic heterocycles. The third-order valence-electron chi connectivity index (χ3n) is 2.00. The van der Waals surface area contributed by atoms with E-state index in [-0.39, 0.29) is 12.2 Å². The minimum absolute atomic E-state index is 0.0555. The molecule has 3 nitrogen and oxygen atoms in total. The van der Waals surface area contributed by atoms with Crippen LogP contribution in [0.2, 0.25) is 0 Å². The van der Waals surface area contributed by atoms with Gasteiger partial charge in [-0.05, 0) is 19.4 Å². The summed E-state index contributed by atoms with van der Waals surface area (Å²) < 4.78 is 18.7. The monoisotopic (exact) mass is 212 g/mol. The summed E-state index contributed by atoms with van der Waals surface area (Å²) in [5, 5.41) is 8.64. The van der Waals surface area contributed by atoms with Crippen molar-refractivity contribution in [1.29, 1.82) is 0 Å². The largest absolute Gasteiger partial charge is 0.490 e. The fourth-order valence-electron chi connectivity index (χ4n) is 1.30. The number of hydrogen-bond acceptors (Lipinski definition) is 2. The molecule has 82 valence electrons. The van der Waals surface area contributed by atoms with Crippen molar-refractivity contribution < 1.29 is 19.0 Å². The van der Waals surface area contributed by atoms with Crippen LogP contribution in [0, 0.1) is 12.7 Å². The summed E-state index contributed by atoms with van der Waals surface area (Å²) in [5.41, 5.74) is 0.819. The number of aliphatic carboxylic acids is 1. The Morgan fingerprint density at radius 3 is 2.73 bits per heavy atom. The molecule has 0 unspecified atom stereocenters. The zero-order valence-electron chi connectivity index (χ0n) is 8.71. The maximum atomic E-state index is 13.6. The van der Waals surface area contributed by atoms with E-state index in [1.807, 2.05) is 0 Å². The van der Waals surface area contributed by atoms with Crippen LogP contribution >= 0.6 is 0 Å². The average Bonchev–Trinajstić information content (AvgIpc) is 2.17. The molecule has 0 bridgehead atoms. The first-order chi connectivity index (χ1) is 7.06. The number of benzene rings is 1. The highest BCUT2D eigenvalue weighted by atomic mass is 19.1. The van der Waals surface area contributed by atoms with Crippen molar-refractivity contribution in [2.75, 3.05) is 6.61 Å². The average molecular weight is 212 g/mol. The Hall–Kier alpha value is -1.58. The predicted molar refractivity (Wildman–Crippen MR) is 53.6 cm³/mol. The van der Waals surface area contributed by atoms with Crippen LogP contribution in [0.3, 0.4) is 0 Å². The highest BCUT2D eigenvalue weighted by Gasteiger charge is 2.14. The molecule has 0 fully saturated rings. The Morgan fingerprint density at radius 1 is 1.53 bits per heavy atom. The number of halogens is 1. The van der Waals surface area contributed by atoms with Gasteiger partial charge in [0.1, 0.15) is 0 Å². The molecule has 0 aliphatic carbocycles. The lowest BCUT2D eigenvalue weighted by Crippen LogP contribution is -2.06. The smallest absolute Gasteiger partial charge is 0.307 e. The van der Waals surface area contributed by atoms with Crippen LogP contribution in [0.15, 0.2) is 12.1 Å². The molecule has 0 saturated heterocycles. The molecule has 0 aliphatic heterocycles. The molecule has 1 aromatic rings. The fraction of sp³-hybridized carbons (Fsp3) is 0.364. The van der Waals surface area contributed by atoms with E-state index < -0.39 is 11.8 Å². The van der Waals surface area contributed by atoms with Crippen molar-refractivity contribution in [2.24, 2.45) is 0 Å². The molecule has 0 aliphatic rings. The van der Waals surface area contributed by atoms with E-state index in [1.165, 1.54) is 0 Å². The number of carbonyl (C=O) groups is 1. The molecule has 0 radical (unpaired) electrons. The second-order valence-corrected chi connectivity index (χ2v) is 3.19. The maximum absolute atomic E-state index is 13.6. The first-order valence-electron chi connectivity index (χ1n) is 4.68. The van der Waals surface area contributed by atoms with Gasteiger partial charge in [0.2, 0.25) is 0 Å². The number of hydrogen-bond donors (Lipinski definition) is 1. The third kappa shape index (κ3) is 2.68. The van der Waals surface area contributed by atoms with Crippen molar-refractivity contribution in [2.45, 2.75) is 20.3 Å². The van der Waals surface area contributed by atoms with Crippen molar-refractivity contribution in [3.63, 3.8) is 0 Å². The predicted octanol–water partition coefficient (Wildman–Crippen LogP) is 2.16. The molecule has 0 amide bonds. The van der Waals surface area contributed by atoms with E-state index in [0.29, 0.717) is 17.7 Å². The Labute approximate surface area is 87.5 Å². The molecule has 0 saturated carbocycles. The van der Waals surface area contributed by atoms with Gasteiger partial charge in [0.15, 0.2) is 11.6 Å². The minimum Gasteiger partial charge on any atom is -0.490 e. The summed E-state index contributed by atoms with van der Waals surface area (Å²) in [6.07, 6.45) is -0.230. The van der Waals surface area contributed by atoms with Crippen LogP contribution in [0.4, 0.5) is 4.39 Å². The molecule has 15 heavy (non-hydrogen) atoms. The van der Waals surface area contributed by atoms with Crippen molar-refractivity contribution >= 4 is 5.97 Å². The van der Waals surface area contributed by atoms with Gasteiger partial charge in [-0.1, -0.05) is 12.1 Å². The molecule has 1 aromatic carbocycles. The van der Waals surface area contributed by atoms with Gasteiger partial charge in [0.05, 0.1) is 13.0 Å². The van der Waals surface area contributed by atoms with Crippen molar-refractivity contribution in [1.82, 2.24) is 0 Å². The summed E-state index contributed by atoms with van der Waals surface area (Å²) in [6.45, 7) is 3.65. The van der Waals surface area contributed by atoms with Crippen LogP contribution in [-0.2, 0) is 11.2 Å². The van der Waals surface area contributed by atoms with Gasteiger partial charge in [-0.15, -0.1) is 0 Å². The van der Waals surface area contributed by atoms with Gasteiger partial charge in [0, 0.05) is 5.56 Å². The lowest BCUT2D eigenvalue weighted by Gasteiger charge is -2.11. The molecule has 0 heterocycles. The summed E-state index contributed by atoms with van der Waals surface area (Å²) in [5.74, 6) is -1.42. The van der Waals surface area contributed by atoms with Gasteiger partial charge < -0.3 is 9.84 Å². The lowest BCUT2D eigenvalue weighted by atomic mass is 10.1. The van der Waals surface area contributed by atoms with Crippen molar-refractivity contribution in [3.8, 4) is 5.75 Å². The maximum Gasteiger partial charge on any atom is 0.307 e. The number of rotatable bonds is 4. The van der Waals surface area contributed by atoms with E-state index in [0.717, 1.165) is 0 Å². The molecule has 1 rings (SSSR count). The topological polar surface area (TPSA) is 46.5 Å². The zero-order valence-corrected chi connectivity index (χ0v) is 8.71. The first kappa shape index (κ1) is 11.5. The molecule has 0 spiro atoms.